The SMILES string of the molecule is CCOC(=O)C1CCN(c2ncnc(Oc3ccc(C)c(C)c3)c2[N+](=O)[O-])CC1. The Morgan fingerprint density at radius 1 is 1.24 bits per heavy atom. The largest absolute Gasteiger partial charge is 0.466 e. The first-order valence-corrected chi connectivity index (χ1v) is 9.56. The minimum Gasteiger partial charge on any atom is -0.466 e. The van der Waals surface area contributed by atoms with Crippen LogP contribution >= 0.6 is 0 Å². The third-order valence-electron chi connectivity index (χ3n) is 5.06. The number of nitro groups is 1. The lowest BCUT2D eigenvalue weighted by Gasteiger charge is -2.31. The number of piperidine rings is 1. The highest BCUT2D eigenvalue weighted by Gasteiger charge is 2.33. The van der Waals surface area contributed by atoms with Crippen LogP contribution in [0.3, 0.4) is 0 Å². The first kappa shape index (κ1) is 20.5. The van der Waals surface area contributed by atoms with Gasteiger partial charge in [-0.25, -0.2) is 4.98 Å². The molecule has 0 spiro atoms. The van der Waals surface area contributed by atoms with Gasteiger partial charge in [0.15, 0.2) is 0 Å². The van der Waals surface area contributed by atoms with E-state index in [4.69, 9.17) is 9.47 Å². The van der Waals surface area contributed by atoms with Gasteiger partial charge in [0.05, 0.1) is 17.4 Å². The lowest BCUT2D eigenvalue weighted by molar-refractivity contribution is -0.385. The van der Waals surface area contributed by atoms with Crippen LogP contribution in [0.2, 0.25) is 0 Å². The Hall–Kier alpha value is -3.23. The van der Waals surface area contributed by atoms with Gasteiger partial charge in [0.25, 0.3) is 0 Å². The molecule has 0 radical (unpaired) electrons. The first-order chi connectivity index (χ1) is 13.9. The van der Waals surface area contributed by atoms with Crippen molar-refractivity contribution in [1.29, 1.82) is 0 Å². The summed E-state index contributed by atoms with van der Waals surface area (Å²) in [4.78, 5) is 33.1. The van der Waals surface area contributed by atoms with Crippen LogP contribution in [0.25, 0.3) is 0 Å². The van der Waals surface area contributed by atoms with Crippen LogP contribution in [-0.4, -0.2) is 40.6 Å². The van der Waals surface area contributed by atoms with E-state index in [0.717, 1.165) is 11.1 Å². The fourth-order valence-corrected chi connectivity index (χ4v) is 3.30. The van der Waals surface area contributed by atoms with E-state index in [1.54, 1.807) is 17.9 Å². The number of aromatic nitrogens is 2. The maximum atomic E-state index is 11.9. The maximum absolute atomic E-state index is 11.9. The second-order valence-electron chi connectivity index (χ2n) is 6.97. The molecule has 1 aromatic heterocycles. The Balaban J connectivity index is 1.83. The predicted molar refractivity (Wildman–Crippen MR) is 106 cm³/mol. The van der Waals surface area contributed by atoms with Crippen molar-refractivity contribution in [2.45, 2.75) is 33.6 Å². The number of nitrogens with zero attached hydrogens (tertiary/aromatic N) is 4. The zero-order chi connectivity index (χ0) is 21.0. The highest BCUT2D eigenvalue weighted by molar-refractivity contribution is 5.73. The molecule has 1 aromatic carbocycles. The zero-order valence-corrected chi connectivity index (χ0v) is 16.8. The lowest BCUT2D eigenvalue weighted by Crippen LogP contribution is -2.37. The third-order valence-corrected chi connectivity index (χ3v) is 5.06. The highest BCUT2D eigenvalue weighted by atomic mass is 16.6. The van der Waals surface area contributed by atoms with Crippen molar-refractivity contribution >= 4 is 17.5 Å². The van der Waals surface area contributed by atoms with Crippen molar-refractivity contribution in [3.63, 3.8) is 0 Å². The van der Waals surface area contributed by atoms with Gasteiger partial charge in [-0.15, -0.1) is 0 Å². The molecule has 2 aromatic rings. The fraction of sp³-hybridized carbons (Fsp3) is 0.450. The van der Waals surface area contributed by atoms with Crippen molar-refractivity contribution in [3.8, 4) is 11.6 Å². The molecule has 9 nitrogen and oxygen atoms in total. The van der Waals surface area contributed by atoms with Gasteiger partial charge in [0.1, 0.15) is 12.1 Å². The van der Waals surface area contributed by atoms with Gasteiger partial charge in [0.2, 0.25) is 5.82 Å². The van der Waals surface area contributed by atoms with E-state index >= 15 is 0 Å². The molecule has 154 valence electrons. The van der Waals surface area contributed by atoms with Crippen LogP contribution in [0, 0.1) is 29.9 Å². The standard InChI is InChI=1S/C20H24N4O5/c1-4-28-20(25)15-7-9-23(10-8-15)18-17(24(26)27)19(22-12-21-18)29-16-6-5-13(2)14(3)11-16/h5-6,11-12,15H,4,7-10H2,1-3H3. The Bertz CT molecular complexity index is 910. The molecule has 2 heterocycles. The van der Waals surface area contributed by atoms with E-state index in [1.165, 1.54) is 6.33 Å². The summed E-state index contributed by atoms with van der Waals surface area (Å²) in [5.41, 5.74) is 1.83. The van der Waals surface area contributed by atoms with Crippen molar-refractivity contribution in [2.75, 3.05) is 24.6 Å². The van der Waals surface area contributed by atoms with Crippen molar-refractivity contribution in [2.24, 2.45) is 5.92 Å². The van der Waals surface area contributed by atoms with Gasteiger partial charge in [-0.1, -0.05) is 6.07 Å². The van der Waals surface area contributed by atoms with E-state index in [1.807, 2.05) is 26.0 Å². The molecule has 0 saturated carbocycles. The normalized spacial score (nSPS) is 14.5. The molecule has 29 heavy (non-hydrogen) atoms. The highest BCUT2D eigenvalue weighted by Crippen LogP contribution is 2.37. The summed E-state index contributed by atoms with van der Waals surface area (Å²) in [7, 11) is 0. The summed E-state index contributed by atoms with van der Waals surface area (Å²) in [6.07, 6.45) is 2.36. The number of ether oxygens (including phenoxy) is 2. The smallest absolute Gasteiger partial charge is 0.373 e. The first-order valence-electron chi connectivity index (χ1n) is 9.56. The molecule has 1 aliphatic rings. The molecule has 0 unspecified atom stereocenters. The molecular weight excluding hydrogens is 376 g/mol. The second kappa shape index (κ2) is 8.85. The van der Waals surface area contributed by atoms with E-state index in [9.17, 15) is 14.9 Å². The van der Waals surface area contributed by atoms with Gasteiger partial charge in [-0.3, -0.25) is 14.9 Å². The number of hydrogen-bond acceptors (Lipinski definition) is 8. The molecule has 3 rings (SSSR count). The zero-order valence-electron chi connectivity index (χ0n) is 16.8. The minimum absolute atomic E-state index is 0.101. The molecule has 9 heteroatoms. The van der Waals surface area contributed by atoms with Gasteiger partial charge in [-0.2, -0.15) is 4.98 Å². The maximum Gasteiger partial charge on any atom is 0.373 e. The molecule has 0 bridgehead atoms. The molecule has 0 amide bonds. The number of carbonyl (C=O) groups excluding carboxylic acids is 1. The number of aryl methyl sites for hydroxylation is 2. The Kier molecular flexibility index (Phi) is 6.26. The van der Waals surface area contributed by atoms with Crippen molar-refractivity contribution in [1.82, 2.24) is 9.97 Å². The van der Waals surface area contributed by atoms with Crippen LogP contribution in [0.1, 0.15) is 30.9 Å². The fourth-order valence-electron chi connectivity index (χ4n) is 3.30. The van der Waals surface area contributed by atoms with Crippen LogP contribution in [0.15, 0.2) is 24.5 Å². The Labute approximate surface area is 168 Å². The van der Waals surface area contributed by atoms with E-state index in [0.29, 0.717) is 38.3 Å². The van der Waals surface area contributed by atoms with Gasteiger partial charge >= 0.3 is 17.5 Å². The molecular formula is C20H24N4O5. The van der Waals surface area contributed by atoms with Crippen molar-refractivity contribution < 1.29 is 19.2 Å². The third kappa shape index (κ3) is 4.61. The van der Waals surface area contributed by atoms with Gasteiger partial charge < -0.3 is 14.4 Å². The van der Waals surface area contributed by atoms with E-state index in [2.05, 4.69) is 9.97 Å². The van der Waals surface area contributed by atoms with E-state index in [-0.39, 0.29) is 29.3 Å². The monoisotopic (exact) mass is 400 g/mol. The second-order valence-corrected chi connectivity index (χ2v) is 6.97. The average Bonchev–Trinajstić information content (AvgIpc) is 2.71. The van der Waals surface area contributed by atoms with Crippen LogP contribution in [0.4, 0.5) is 11.5 Å². The molecule has 1 aliphatic heterocycles. The summed E-state index contributed by atoms with van der Waals surface area (Å²) in [5, 5.41) is 11.8. The predicted octanol–water partition coefficient (Wildman–Crippen LogP) is 3.57. The van der Waals surface area contributed by atoms with Crippen LogP contribution < -0.4 is 9.64 Å². The number of rotatable bonds is 6. The number of carbonyl (C=O) groups is 1. The van der Waals surface area contributed by atoms with Crippen LogP contribution in [-0.2, 0) is 9.53 Å². The summed E-state index contributed by atoms with van der Waals surface area (Å²) in [6.45, 7) is 6.96. The van der Waals surface area contributed by atoms with Crippen LogP contribution in [0.5, 0.6) is 11.6 Å². The number of hydrogen-bond donors (Lipinski definition) is 0. The summed E-state index contributed by atoms with van der Waals surface area (Å²) in [5.74, 6) is 0.158. The summed E-state index contributed by atoms with van der Waals surface area (Å²) in [6, 6.07) is 5.45. The molecule has 1 saturated heterocycles. The van der Waals surface area contributed by atoms with Crippen molar-refractivity contribution in [3.05, 3.63) is 45.8 Å². The van der Waals surface area contributed by atoms with Gasteiger partial charge in [0, 0.05) is 13.1 Å². The number of benzene rings is 1. The molecule has 1 fully saturated rings. The quantitative estimate of drug-likeness (QED) is 0.411. The summed E-state index contributed by atoms with van der Waals surface area (Å²) < 4.78 is 10.8. The summed E-state index contributed by atoms with van der Waals surface area (Å²) >= 11 is 0. The van der Waals surface area contributed by atoms with E-state index < -0.39 is 4.92 Å². The lowest BCUT2D eigenvalue weighted by atomic mass is 9.97. The average molecular weight is 400 g/mol. The van der Waals surface area contributed by atoms with Gasteiger partial charge in [-0.05, 0) is 56.9 Å². The Morgan fingerprint density at radius 2 is 1.97 bits per heavy atom. The number of esters is 1. The topological polar surface area (TPSA) is 108 Å². The minimum atomic E-state index is -0.525. The molecule has 0 N–H and O–H groups in total. The molecule has 0 aliphatic carbocycles. The number of anilines is 1. The Morgan fingerprint density at radius 3 is 2.59 bits per heavy atom. The molecule has 0 atom stereocenters.